The van der Waals surface area contributed by atoms with Crippen LogP contribution in [0.5, 0.6) is 0 Å². The van der Waals surface area contributed by atoms with E-state index in [0.29, 0.717) is 27.9 Å². The summed E-state index contributed by atoms with van der Waals surface area (Å²) in [5, 5.41) is 30.1. The van der Waals surface area contributed by atoms with Crippen LogP contribution in [0.4, 0.5) is 5.69 Å². The molecule has 4 aromatic rings. The van der Waals surface area contributed by atoms with Crippen molar-refractivity contribution in [3.8, 4) is 16.9 Å². The van der Waals surface area contributed by atoms with E-state index in [1.165, 1.54) is 27.6 Å². The summed E-state index contributed by atoms with van der Waals surface area (Å²) in [6.45, 7) is 3.96. The van der Waals surface area contributed by atoms with Gasteiger partial charge >= 0.3 is 0 Å². The molecular formula is C23H18N5O5-. The van der Waals surface area contributed by atoms with Gasteiger partial charge in [-0.2, -0.15) is 5.10 Å². The lowest BCUT2D eigenvalue weighted by Gasteiger charge is -2.02. The summed E-state index contributed by atoms with van der Waals surface area (Å²) in [6.07, 6.45) is 2.90. The molecule has 0 fully saturated rings. The highest BCUT2D eigenvalue weighted by Gasteiger charge is 2.14. The Bertz CT molecular complexity index is 1510. The summed E-state index contributed by atoms with van der Waals surface area (Å²) in [7, 11) is 0. The highest BCUT2D eigenvalue weighted by atomic mass is 16.6. The third-order valence-electron chi connectivity index (χ3n) is 4.99. The molecule has 0 unspecified atom stereocenters. The zero-order valence-corrected chi connectivity index (χ0v) is 17.3. The fraction of sp³-hybridized carbons (Fsp3) is 0.0870. The molecule has 2 heterocycles. The van der Waals surface area contributed by atoms with Crippen molar-refractivity contribution in [2.24, 2.45) is 0 Å². The fourth-order valence-electron chi connectivity index (χ4n) is 3.41. The van der Waals surface area contributed by atoms with Crippen LogP contribution in [0, 0.1) is 10.1 Å². The summed E-state index contributed by atoms with van der Waals surface area (Å²) in [5.74, 6) is -1.23. The normalized spacial score (nSPS) is 11.6. The van der Waals surface area contributed by atoms with Crippen LogP contribution >= 0.6 is 0 Å². The molecule has 0 aliphatic heterocycles. The second kappa shape index (κ2) is 8.79. The van der Waals surface area contributed by atoms with Gasteiger partial charge in [-0.25, -0.2) is 4.68 Å². The van der Waals surface area contributed by atoms with E-state index in [-0.39, 0.29) is 29.4 Å². The number of carbonyl (C=O) groups excluding carboxylic acids is 1. The number of rotatable bonds is 7. The van der Waals surface area contributed by atoms with Crippen molar-refractivity contribution in [1.82, 2.24) is 19.6 Å². The number of nitrogens with zero attached hydrogens (tertiary/aromatic N) is 4. The minimum atomic E-state index is -1.23. The zero-order chi connectivity index (χ0) is 23.5. The summed E-state index contributed by atoms with van der Waals surface area (Å²) in [4.78, 5) is 34.6. The Morgan fingerprint density at radius 1 is 1.18 bits per heavy atom. The fourth-order valence-corrected chi connectivity index (χ4v) is 3.41. The van der Waals surface area contributed by atoms with Crippen molar-refractivity contribution >= 4 is 24.3 Å². The molecule has 1 N–H and O–H groups in total. The number of aromatic nitrogens is 4. The van der Waals surface area contributed by atoms with Crippen LogP contribution in [0.15, 0.2) is 65.6 Å². The van der Waals surface area contributed by atoms with Gasteiger partial charge in [-0.3, -0.25) is 24.7 Å². The van der Waals surface area contributed by atoms with Crippen LogP contribution in [0.2, 0.25) is 0 Å². The quantitative estimate of drug-likeness (QED) is 0.322. The van der Waals surface area contributed by atoms with Gasteiger partial charge in [0.25, 0.3) is 11.2 Å². The molecule has 10 heteroatoms. The van der Waals surface area contributed by atoms with Crippen LogP contribution in [0.3, 0.4) is 0 Å². The molecule has 2 aromatic heterocycles. The minimum Gasteiger partial charge on any atom is -0.550 e. The first kappa shape index (κ1) is 21.5. The van der Waals surface area contributed by atoms with Crippen molar-refractivity contribution in [2.45, 2.75) is 13.0 Å². The third kappa shape index (κ3) is 4.49. The second-order valence-corrected chi connectivity index (χ2v) is 7.25. The highest BCUT2D eigenvalue weighted by Crippen LogP contribution is 2.26. The van der Waals surface area contributed by atoms with E-state index in [0.717, 1.165) is 0 Å². The number of aliphatic carboxylic acids is 1. The number of carbonyl (C=O) groups is 1. The number of aromatic amines is 1. The van der Waals surface area contributed by atoms with Crippen LogP contribution in [0.25, 0.3) is 29.6 Å². The van der Waals surface area contributed by atoms with Crippen molar-refractivity contribution < 1.29 is 14.8 Å². The number of hydrogen-bond donors (Lipinski definition) is 1. The summed E-state index contributed by atoms with van der Waals surface area (Å²) in [6, 6.07) is 14.9. The van der Waals surface area contributed by atoms with E-state index in [1.807, 2.05) is 6.07 Å². The molecule has 0 aliphatic rings. The summed E-state index contributed by atoms with van der Waals surface area (Å²) >= 11 is 0. The third-order valence-corrected chi connectivity index (χ3v) is 4.99. The average molecular weight is 444 g/mol. The van der Waals surface area contributed by atoms with Crippen LogP contribution in [-0.4, -0.2) is 30.5 Å². The first-order chi connectivity index (χ1) is 15.8. The van der Waals surface area contributed by atoms with Gasteiger partial charge in [0.2, 0.25) is 0 Å². The number of hydrogen-bond acceptors (Lipinski definition) is 6. The molecule has 166 valence electrons. The van der Waals surface area contributed by atoms with E-state index in [4.69, 9.17) is 0 Å². The lowest BCUT2D eigenvalue weighted by atomic mass is 10.1. The number of aryl methyl sites for hydroxylation is 1. The largest absolute Gasteiger partial charge is 0.550 e. The maximum atomic E-state index is 13.1. The Hall–Kier alpha value is -4.73. The van der Waals surface area contributed by atoms with Gasteiger partial charge in [0.15, 0.2) is 0 Å². The molecule has 2 aromatic carbocycles. The number of nitro groups is 1. The Kier molecular flexibility index (Phi) is 5.73. The van der Waals surface area contributed by atoms with Gasteiger partial charge < -0.3 is 9.90 Å². The van der Waals surface area contributed by atoms with Crippen LogP contribution < -0.4 is 21.2 Å². The highest BCUT2D eigenvalue weighted by molar-refractivity contribution is 5.73. The number of nitro benzene ring substituents is 1. The van der Waals surface area contributed by atoms with Gasteiger partial charge in [-0.1, -0.05) is 36.9 Å². The summed E-state index contributed by atoms with van der Waals surface area (Å²) < 4.78 is 2.77. The number of H-pyrrole nitrogens is 1. The maximum Gasteiger partial charge on any atom is 0.279 e. The molecule has 0 saturated carbocycles. The average Bonchev–Trinajstić information content (AvgIpc) is 3.34. The zero-order valence-electron chi connectivity index (χ0n) is 17.3. The molecule has 0 radical (unpaired) electrons. The smallest absolute Gasteiger partial charge is 0.279 e. The van der Waals surface area contributed by atoms with E-state index < -0.39 is 10.9 Å². The van der Waals surface area contributed by atoms with Gasteiger partial charge in [0.1, 0.15) is 0 Å². The molecule has 4 rings (SSSR count). The Morgan fingerprint density at radius 3 is 2.64 bits per heavy atom. The number of nitrogens with one attached hydrogen (secondary N) is 1. The standard InChI is InChI=1S/C23H19N5O5/c1-15-20(23(31)27(24-15)18-7-3-2-4-8-18)13-17-14-26(11-10-21(29)30)25-22(17)16-6-5-9-19(12-16)28(32)33/h2-9,12-14,24H,1,10-11H2,(H,29,30)/p-1/b20-13-. The topological polar surface area (TPSA) is 139 Å². The monoisotopic (exact) mass is 444 g/mol. The van der Waals surface area contributed by atoms with Crippen molar-refractivity contribution in [3.63, 3.8) is 0 Å². The van der Waals surface area contributed by atoms with Crippen LogP contribution in [-0.2, 0) is 11.3 Å². The molecule has 0 aliphatic carbocycles. The molecular weight excluding hydrogens is 426 g/mol. The van der Waals surface area contributed by atoms with Gasteiger partial charge in [0.05, 0.1) is 26.9 Å². The van der Waals surface area contributed by atoms with Gasteiger partial charge in [0, 0.05) is 48.4 Å². The lowest BCUT2D eigenvalue weighted by Crippen LogP contribution is -2.33. The molecule has 0 amide bonds. The molecule has 33 heavy (non-hydrogen) atoms. The van der Waals surface area contributed by atoms with Crippen LogP contribution in [0.1, 0.15) is 12.0 Å². The lowest BCUT2D eigenvalue weighted by molar-refractivity contribution is -0.384. The van der Waals surface area contributed by atoms with E-state index in [1.54, 1.807) is 42.6 Å². The Balaban J connectivity index is 1.88. The maximum absolute atomic E-state index is 13.1. The number of benzene rings is 2. The predicted octanol–water partition coefficient (Wildman–Crippen LogP) is 0.316. The first-order valence-corrected chi connectivity index (χ1v) is 9.93. The Morgan fingerprint density at radius 2 is 1.94 bits per heavy atom. The minimum absolute atomic E-state index is 0.0384. The summed E-state index contributed by atoms with van der Waals surface area (Å²) in [5.41, 5.74) is 1.48. The molecule has 0 atom stereocenters. The predicted molar refractivity (Wildman–Crippen MR) is 119 cm³/mol. The second-order valence-electron chi connectivity index (χ2n) is 7.25. The van der Waals surface area contributed by atoms with E-state index in [9.17, 15) is 24.8 Å². The van der Waals surface area contributed by atoms with Gasteiger partial charge in [-0.15, -0.1) is 0 Å². The number of carboxylic acid groups (broad SMARTS) is 1. The SMILES string of the molecule is C=c1[nH]n(-c2ccccc2)c(=O)/c1=C\c1cn(CCC(=O)[O-])nc1-c1cccc([N+](=O)[O-])c1. The number of non-ortho nitro benzene ring substituents is 1. The molecule has 0 saturated heterocycles. The number of para-hydroxylation sites is 1. The Labute approximate surface area is 186 Å². The first-order valence-electron chi connectivity index (χ1n) is 9.93. The molecule has 0 bridgehead atoms. The van der Waals surface area contributed by atoms with E-state index >= 15 is 0 Å². The van der Waals surface area contributed by atoms with E-state index in [2.05, 4.69) is 16.8 Å². The van der Waals surface area contributed by atoms with Crippen molar-refractivity contribution in [3.05, 3.63) is 97.4 Å². The number of carboxylic acids is 1. The van der Waals surface area contributed by atoms with Crippen molar-refractivity contribution in [1.29, 1.82) is 0 Å². The van der Waals surface area contributed by atoms with Crippen molar-refractivity contribution in [2.75, 3.05) is 0 Å². The molecule has 0 spiro atoms. The van der Waals surface area contributed by atoms with Gasteiger partial charge in [-0.05, 0) is 18.2 Å². The molecule has 10 nitrogen and oxygen atoms in total.